The van der Waals surface area contributed by atoms with Gasteiger partial charge >= 0.3 is 0 Å². The Labute approximate surface area is 119 Å². The topological polar surface area (TPSA) is 12.0 Å². The van der Waals surface area contributed by atoms with Crippen molar-refractivity contribution < 1.29 is 0 Å². The number of hydrogen-bond donors (Lipinski definition) is 1. The molecule has 1 heterocycles. The molecule has 0 saturated heterocycles. The Kier molecular flexibility index (Phi) is 4.62. The molecule has 1 atom stereocenters. The Hall–Kier alpha value is -0.350. The molecule has 0 spiro atoms. The maximum Gasteiger partial charge on any atom is 0.0450 e. The number of hydrogen-bond acceptors (Lipinski definition) is 2. The zero-order valence-electron chi connectivity index (χ0n) is 9.41. The van der Waals surface area contributed by atoms with E-state index in [9.17, 15) is 0 Å². The van der Waals surface area contributed by atoms with Crippen LogP contribution in [0.5, 0.6) is 0 Å². The van der Waals surface area contributed by atoms with E-state index in [0.717, 1.165) is 21.6 Å². The summed E-state index contributed by atoms with van der Waals surface area (Å²) in [6, 6.07) is 10.4. The van der Waals surface area contributed by atoms with Crippen LogP contribution in [-0.4, -0.2) is 0 Å². The van der Waals surface area contributed by atoms with Gasteiger partial charge in [-0.1, -0.05) is 29.8 Å². The molecular weight excluding hydrogens is 318 g/mol. The number of halogens is 2. The maximum absolute atomic E-state index is 6.11. The minimum Gasteiger partial charge on any atom is -0.305 e. The summed E-state index contributed by atoms with van der Waals surface area (Å²) in [6.45, 7) is 2.95. The summed E-state index contributed by atoms with van der Waals surface area (Å²) in [5.41, 5.74) is 1.14. The fourth-order valence-corrected chi connectivity index (χ4v) is 3.24. The lowest BCUT2D eigenvalue weighted by Gasteiger charge is -2.12. The molecule has 0 saturated carbocycles. The smallest absolute Gasteiger partial charge is 0.0450 e. The van der Waals surface area contributed by atoms with Crippen LogP contribution in [0.15, 0.2) is 40.2 Å². The van der Waals surface area contributed by atoms with Crippen molar-refractivity contribution >= 4 is 38.9 Å². The molecule has 0 bridgehead atoms. The molecule has 0 aliphatic heterocycles. The van der Waals surface area contributed by atoms with Gasteiger partial charge in [0.2, 0.25) is 0 Å². The van der Waals surface area contributed by atoms with Gasteiger partial charge in [0.25, 0.3) is 0 Å². The van der Waals surface area contributed by atoms with Gasteiger partial charge in [0.05, 0.1) is 0 Å². The van der Waals surface area contributed by atoms with E-state index in [0.29, 0.717) is 6.04 Å². The highest BCUT2D eigenvalue weighted by Gasteiger charge is 2.08. The van der Waals surface area contributed by atoms with E-state index in [1.807, 2.05) is 24.3 Å². The van der Waals surface area contributed by atoms with Crippen molar-refractivity contribution in [2.24, 2.45) is 0 Å². The monoisotopic (exact) mass is 329 g/mol. The minimum absolute atomic E-state index is 0.336. The molecule has 1 N–H and O–H groups in total. The van der Waals surface area contributed by atoms with Crippen LogP contribution < -0.4 is 5.32 Å². The van der Waals surface area contributed by atoms with E-state index in [4.69, 9.17) is 11.6 Å². The molecule has 0 aliphatic carbocycles. The first-order chi connectivity index (χ1) is 8.16. The lowest BCUT2D eigenvalue weighted by molar-refractivity contribution is 0.583. The van der Waals surface area contributed by atoms with Crippen molar-refractivity contribution in [1.82, 2.24) is 5.32 Å². The number of nitrogens with one attached hydrogen (secondary N) is 1. The van der Waals surface area contributed by atoms with Gasteiger partial charge in [0.1, 0.15) is 0 Å². The largest absolute Gasteiger partial charge is 0.305 e. The minimum atomic E-state index is 0.336. The molecule has 2 aromatic rings. The Balaban J connectivity index is 1.97. The quantitative estimate of drug-likeness (QED) is 0.830. The highest BCUT2D eigenvalue weighted by molar-refractivity contribution is 9.10. The predicted molar refractivity (Wildman–Crippen MR) is 78.7 cm³/mol. The van der Waals surface area contributed by atoms with Crippen molar-refractivity contribution in [3.63, 3.8) is 0 Å². The van der Waals surface area contributed by atoms with Gasteiger partial charge in [0, 0.05) is 32.3 Å². The molecule has 1 nitrogen and oxygen atoms in total. The van der Waals surface area contributed by atoms with Gasteiger partial charge in [-0.15, -0.1) is 11.3 Å². The van der Waals surface area contributed by atoms with Crippen molar-refractivity contribution in [3.8, 4) is 0 Å². The van der Waals surface area contributed by atoms with E-state index in [1.54, 1.807) is 11.3 Å². The Bertz CT molecular complexity index is 498. The van der Waals surface area contributed by atoms with E-state index in [-0.39, 0.29) is 0 Å². The Morgan fingerprint density at radius 1 is 1.41 bits per heavy atom. The molecule has 1 aromatic carbocycles. The van der Waals surface area contributed by atoms with E-state index in [2.05, 4.69) is 39.6 Å². The molecule has 2 rings (SSSR count). The van der Waals surface area contributed by atoms with Crippen molar-refractivity contribution in [1.29, 1.82) is 0 Å². The molecule has 1 unspecified atom stereocenters. The summed E-state index contributed by atoms with van der Waals surface area (Å²) in [7, 11) is 0. The lowest BCUT2D eigenvalue weighted by Crippen LogP contribution is -2.17. The summed E-state index contributed by atoms with van der Waals surface area (Å²) in [6.07, 6.45) is 0. The summed E-state index contributed by atoms with van der Waals surface area (Å²) in [5.74, 6) is 0. The van der Waals surface area contributed by atoms with Gasteiger partial charge in [-0.3, -0.25) is 0 Å². The van der Waals surface area contributed by atoms with Crippen molar-refractivity contribution in [2.45, 2.75) is 19.5 Å². The third kappa shape index (κ3) is 3.55. The standard InChI is InChI=1S/C13H13BrClNS/c1-9(13-6-11(14)8-17-13)16-7-10-4-2-3-5-12(10)15/h2-6,8-9,16H,7H2,1H3. The molecule has 90 valence electrons. The van der Waals surface area contributed by atoms with Crippen LogP contribution in [0, 0.1) is 0 Å². The van der Waals surface area contributed by atoms with E-state index in [1.165, 1.54) is 4.88 Å². The number of thiophene rings is 1. The third-order valence-corrected chi connectivity index (χ3v) is 4.82. The zero-order chi connectivity index (χ0) is 12.3. The lowest BCUT2D eigenvalue weighted by atomic mass is 10.2. The molecule has 0 aliphatic rings. The first-order valence-electron chi connectivity index (χ1n) is 5.37. The highest BCUT2D eigenvalue weighted by atomic mass is 79.9. The van der Waals surface area contributed by atoms with Crippen LogP contribution in [0.4, 0.5) is 0 Å². The van der Waals surface area contributed by atoms with Crippen molar-refractivity contribution in [3.05, 3.63) is 55.6 Å². The fourth-order valence-electron chi connectivity index (χ4n) is 1.56. The second kappa shape index (κ2) is 6.01. The van der Waals surface area contributed by atoms with Gasteiger partial charge in [-0.2, -0.15) is 0 Å². The van der Waals surface area contributed by atoms with E-state index < -0.39 is 0 Å². The van der Waals surface area contributed by atoms with Crippen LogP contribution in [0.25, 0.3) is 0 Å². The average molecular weight is 331 g/mol. The zero-order valence-corrected chi connectivity index (χ0v) is 12.6. The van der Waals surface area contributed by atoms with Gasteiger partial charge in [-0.25, -0.2) is 0 Å². The van der Waals surface area contributed by atoms with Crippen molar-refractivity contribution in [2.75, 3.05) is 0 Å². The Morgan fingerprint density at radius 3 is 2.82 bits per heavy atom. The first kappa shape index (κ1) is 13.1. The maximum atomic E-state index is 6.11. The summed E-state index contributed by atoms with van der Waals surface area (Å²) >= 11 is 11.3. The first-order valence-corrected chi connectivity index (χ1v) is 7.42. The normalized spacial score (nSPS) is 12.6. The molecule has 1 aromatic heterocycles. The molecular formula is C13H13BrClNS. The third-order valence-electron chi connectivity index (χ3n) is 2.57. The predicted octanol–water partition coefficient (Wildman–Crippen LogP) is 5.01. The second-order valence-electron chi connectivity index (χ2n) is 3.86. The van der Waals surface area contributed by atoms with Crippen LogP contribution in [-0.2, 0) is 6.54 Å². The highest BCUT2D eigenvalue weighted by Crippen LogP contribution is 2.26. The molecule has 17 heavy (non-hydrogen) atoms. The summed E-state index contributed by atoms with van der Waals surface area (Å²) in [4.78, 5) is 1.32. The molecule has 0 amide bonds. The van der Waals surface area contributed by atoms with Gasteiger partial charge in [0.15, 0.2) is 0 Å². The second-order valence-corrected chi connectivity index (χ2v) is 6.13. The Morgan fingerprint density at radius 2 is 2.18 bits per heavy atom. The average Bonchev–Trinajstić information content (AvgIpc) is 2.74. The van der Waals surface area contributed by atoms with Crippen LogP contribution in [0.1, 0.15) is 23.4 Å². The van der Waals surface area contributed by atoms with Crippen LogP contribution in [0.3, 0.4) is 0 Å². The molecule has 0 fully saturated rings. The molecule has 0 radical (unpaired) electrons. The number of rotatable bonds is 4. The summed E-state index contributed by atoms with van der Waals surface area (Å²) in [5, 5.41) is 6.39. The summed E-state index contributed by atoms with van der Waals surface area (Å²) < 4.78 is 1.14. The van der Waals surface area contributed by atoms with Gasteiger partial charge < -0.3 is 5.32 Å². The fraction of sp³-hybridized carbons (Fsp3) is 0.231. The van der Waals surface area contributed by atoms with Crippen LogP contribution in [0.2, 0.25) is 5.02 Å². The van der Waals surface area contributed by atoms with Crippen LogP contribution >= 0.6 is 38.9 Å². The van der Waals surface area contributed by atoms with E-state index >= 15 is 0 Å². The SMILES string of the molecule is CC(NCc1ccccc1Cl)c1cc(Br)cs1. The number of benzene rings is 1. The van der Waals surface area contributed by atoms with Gasteiger partial charge in [-0.05, 0) is 40.5 Å². The molecule has 4 heteroatoms.